The SMILES string of the molecule is COC(=O)C1OC1C(=O)Nc1ccccc1. The summed E-state index contributed by atoms with van der Waals surface area (Å²) in [6.45, 7) is 0. The molecular formula is C11H11NO4. The lowest BCUT2D eigenvalue weighted by Crippen LogP contribution is -2.23. The van der Waals surface area contributed by atoms with Crippen LogP contribution < -0.4 is 5.32 Å². The lowest BCUT2D eigenvalue weighted by atomic mass is 10.2. The third-order valence-electron chi connectivity index (χ3n) is 2.22. The van der Waals surface area contributed by atoms with E-state index in [0.29, 0.717) is 5.69 Å². The van der Waals surface area contributed by atoms with E-state index in [0.717, 1.165) is 0 Å². The number of benzene rings is 1. The summed E-state index contributed by atoms with van der Waals surface area (Å²) in [5.74, 6) is -0.852. The van der Waals surface area contributed by atoms with Gasteiger partial charge in [0.05, 0.1) is 7.11 Å². The Hall–Kier alpha value is -1.88. The van der Waals surface area contributed by atoms with Gasteiger partial charge < -0.3 is 14.8 Å². The van der Waals surface area contributed by atoms with E-state index >= 15 is 0 Å². The Morgan fingerprint density at radius 2 is 1.94 bits per heavy atom. The van der Waals surface area contributed by atoms with Gasteiger partial charge in [-0.15, -0.1) is 0 Å². The first-order valence-corrected chi connectivity index (χ1v) is 4.81. The van der Waals surface area contributed by atoms with Crippen molar-refractivity contribution in [2.24, 2.45) is 0 Å². The number of methoxy groups -OCH3 is 1. The predicted octanol–water partition coefficient (Wildman–Crippen LogP) is 0.565. The average molecular weight is 221 g/mol. The molecule has 1 aliphatic rings. The summed E-state index contributed by atoms with van der Waals surface area (Å²) in [7, 11) is 1.26. The van der Waals surface area contributed by atoms with E-state index in [1.807, 2.05) is 6.07 Å². The van der Waals surface area contributed by atoms with Crippen molar-refractivity contribution in [1.29, 1.82) is 0 Å². The molecule has 1 saturated heterocycles. The van der Waals surface area contributed by atoms with Gasteiger partial charge in [0, 0.05) is 5.69 Å². The van der Waals surface area contributed by atoms with Crippen molar-refractivity contribution in [2.45, 2.75) is 12.2 Å². The number of anilines is 1. The molecule has 1 aliphatic heterocycles. The maximum atomic E-state index is 11.6. The second-order valence-corrected chi connectivity index (χ2v) is 3.36. The molecule has 1 aromatic carbocycles. The summed E-state index contributed by atoms with van der Waals surface area (Å²) in [5, 5.41) is 2.64. The highest BCUT2D eigenvalue weighted by atomic mass is 16.6. The number of hydrogen-bond acceptors (Lipinski definition) is 4. The molecule has 0 aliphatic carbocycles. The van der Waals surface area contributed by atoms with Gasteiger partial charge in [-0.1, -0.05) is 18.2 Å². The second kappa shape index (κ2) is 4.32. The largest absolute Gasteiger partial charge is 0.467 e. The molecule has 1 fully saturated rings. The van der Waals surface area contributed by atoms with Crippen LogP contribution in [-0.2, 0) is 19.1 Å². The normalized spacial score (nSPS) is 22.3. The molecule has 1 amide bonds. The minimum Gasteiger partial charge on any atom is -0.467 e. The molecule has 0 bridgehead atoms. The molecule has 84 valence electrons. The van der Waals surface area contributed by atoms with E-state index in [4.69, 9.17) is 4.74 Å². The molecule has 0 saturated carbocycles. The fourth-order valence-corrected chi connectivity index (χ4v) is 1.34. The van der Waals surface area contributed by atoms with E-state index in [1.54, 1.807) is 24.3 Å². The highest BCUT2D eigenvalue weighted by molar-refractivity contribution is 6.00. The van der Waals surface area contributed by atoms with E-state index in [-0.39, 0.29) is 5.91 Å². The number of carbonyl (C=O) groups excluding carboxylic acids is 2. The van der Waals surface area contributed by atoms with Gasteiger partial charge in [-0.05, 0) is 12.1 Å². The van der Waals surface area contributed by atoms with Crippen molar-refractivity contribution in [2.75, 3.05) is 12.4 Å². The van der Waals surface area contributed by atoms with E-state index in [2.05, 4.69) is 10.1 Å². The monoisotopic (exact) mass is 221 g/mol. The Morgan fingerprint density at radius 1 is 1.25 bits per heavy atom. The van der Waals surface area contributed by atoms with Crippen LogP contribution in [-0.4, -0.2) is 31.2 Å². The fraction of sp³-hybridized carbons (Fsp3) is 0.273. The lowest BCUT2D eigenvalue weighted by Gasteiger charge is -2.01. The summed E-state index contributed by atoms with van der Waals surface area (Å²) < 4.78 is 9.38. The Morgan fingerprint density at radius 3 is 2.56 bits per heavy atom. The first kappa shape index (κ1) is 10.6. The number of carbonyl (C=O) groups is 2. The van der Waals surface area contributed by atoms with Crippen LogP contribution in [0.3, 0.4) is 0 Å². The van der Waals surface area contributed by atoms with Gasteiger partial charge in [-0.25, -0.2) is 4.79 Å². The zero-order chi connectivity index (χ0) is 11.5. The molecule has 0 spiro atoms. The molecule has 2 unspecified atom stereocenters. The van der Waals surface area contributed by atoms with Gasteiger partial charge in [0.1, 0.15) is 0 Å². The van der Waals surface area contributed by atoms with Gasteiger partial charge >= 0.3 is 5.97 Å². The van der Waals surface area contributed by atoms with Crippen molar-refractivity contribution in [1.82, 2.24) is 0 Å². The standard InChI is InChI=1S/C11H11NO4/c1-15-11(14)9-8(16-9)10(13)12-7-5-3-2-4-6-7/h2-6,8-9H,1H3,(H,12,13). The van der Waals surface area contributed by atoms with Crippen molar-refractivity contribution in [3.63, 3.8) is 0 Å². The van der Waals surface area contributed by atoms with Gasteiger partial charge in [-0.3, -0.25) is 4.79 Å². The van der Waals surface area contributed by atoms with Crippen LogP contribution in [0, 0.1) is 0 Å². The Labute approximate surface area is 92.4 Å². The predicted molar refractivity (Wildman–Crippen MR) is 55.7 cm³/mol. The Balaban J connectivity index is 1.89. The number of para-hydroxylation sites is 1. The summed E-state index contributed by atoms with van der Waals surface area (Å²) >= 11 is 0. The first-order valence-electron chi connectivity index (χ1n) is 4.81. The van der Waals surface area contributed by atoms with Crippen molar-refractivity contribution in [3.8, 4) is 0 Å². The number of nitrogens with one attached hydrogen (secondary N) is 1. The first-order chi connectivity index (χ1) is 7.72. The smallest absolute Gasteiger partial charge is 0.338 e. The minimum atomic E-state index is -0.756. The van der Waals surface area contributed by atoms with Crippen molar-refractivity contribution >= 4 is 17.6 Å². The highest BCUT2D eigenvalue weighted by Crippen LogP contribution is 2.24. The van der Waals surface area contributed by atoms with Crippen LogP contribution in [0.4, 0.5) is 5.69 Å². The average Bonchev–Trinajstić information content (AvgIpc) is 3.09. The minimum absolute atomic E-state index is 0.332. The van der Waals surface area contributed by atoms with Crippen LogP contribution in [0.15, 0.2) is 30.3 Å². The fourth-order valence-electron chi connectivity index (χ4n) is 1.34. The van der Waals surface area contributed by atoms with Crippen LogP contribution in [0.5, 0.6) is 0 Å². The molecule has 0 aromatic heterocycles. The zero-order valence-electron chi connectivity index (χ0n) is 8.67. The third-order valence-corrected chi connectivity index (χ3v) is 2.22. The molecule has 2 atom stereocenters. The Kier molecular flexibility index (Phi) is 2.87. The summed E-state index contributed by atoms with van der Waals surface area (Å²) in [6.07, 6.45) is -1.48. The van der Waals surface area contributed by atoms with E-state index < -0.39 is 18.2 Å². The molecular weight excluding hydrogens is 210 g/mol. The number of epoxide rings is 1. The van der Waals surface area contributed by atoms with Crippen molar-refractivity contribution < 1.29 is 19.1 Å². The van der Waals surface area contributed by atoms with Gasteiger partial charge in [0.2, 0.25) is 0 Å². The summed E-state index contributed by atoms with van der Waals surface area (Å²) in [6, 6.07) is 8.98. The van der Waals surface area contributed by atoms with E-state index in [1.165, 1.54) is 7.11 Å². The van der Waals surface area contributed by atoms with E-state index in [9.17, 15) is 9.59 Å². The van der Waals surface area contributed by atoms with Crippen LogP contribution >= 0.6 is 0 Å². The van der Waals surface area contributed by atoms with Gasteiger partial charge in [0.15, 0.2) is 12.2 Å². The van der Waals surface area contributed by atoms with Crippen molar-refractivity contribution in [3.05, 3.63) is 30.3 Å². The number of rotatable bonds is 3. The highest BCUT2D eigenvalue weighted by Gasteiger charge is 2.51. The molecule has 1 N–H and O–H groups in total. The maximum Gasteiger partial charge on any atom is 0.338 e. The van der Waals surface area contributed by atoms with Gasteiger partial charge in [0.25, 0.3) is 5.91 Å². The molecule has 5 nitrogen and oxygen atoms in total. The lowest BCUT2D eigenvalue weighted by molar-refractivity contribution is -0.142. The number of amides is 1. The molecule has 16 heavy (non-hydrogen) atoms. The quantitative estimate of drug-likeness (QED) is 0.598. The molecule has 2 rings (SSSR count). The maximum absolute atomic E-state index is 11.6. The molecule has 1 heterocycles. The van der Waals surface area contributed by atoms with Crippen LogP contribution in [0.25, 0.3) is 0 Å². The second-order valence-electron chi connectivity index (χ2n) is 3.36. The van der Waals surface area contributed by atoms with Crippen LogP contribution in [0.2, 0.25) is 0 Å². The number of esters is 1. The number of ether oxygens (including phenoxy) is 2. The molecule has 0 radical (unpaired) electrons. The summed E-state index contributed by atoms with van der Waals surface area (Å²) in [4.78, 5) is 22.6. The van der Waals surface area contributed by atoms with Gasteiger partial charge in [-0.2, -0.15) is 0 Å². The zero-order valence-corrected chi connectivity index (χ0v) is 8.67. The Bertz CT molecular complexity index is 404. The number of hydrogen-bond donors (Lipinski definition) is 1. The summed E-state index contributed by atoms with van der Waals surface area (Å²) in [5.41, 5.74) is 0.673. The molecule has 1 aromatic rings. The third kappa shape index (κ3) is 2.20. The van der Waals surface area contributed by atoms with Crippen LogP contribution in [0.1, 0.15) is 0 Å². The topological polar surface area (TPSA) is 67.9 Å². The molecule has 5 heteroatoms.